The van der Waals surface area contributed by atoms with Gasteiger partial charge in [-0.05, 0) is 24.7 Å². The van der Waals surface area contributed by atoms with Crippen molar-refractivity contribution in [2.75, 3.05) is 0 Å². The lowest BCUT2D eigenvalue weighted by Gasteiger charge is -2.24. The highest BCUT2D eigenvalue weighted by molar-refractivity contribution is 6.22. The minimum atomic E-state index is 0.280. The van der Waals surface area contributed by atoms with Crippen molar-refractivity contribution in [3.8, 4) is 0 Å². The maximum Gasteiger partial charge on any atom is 0.0541 e. The van der Waals surface area contributed by atoms with Crippen molar-refractivity contribution in [1.29, 1.82) is 0 Å². The van der Waals surface area contributed by atoms with Gasteiger partial charge in [0.1, 0.15) is 0 Å². The van der Waals surface area contributed by atoms with Crippen molar-refractivity contribution >= 4 is 11.6 Å². The zero-order valence-electron chi connectivity index (χ0n) is 6.68. The second-order valence-corrected chi connectivity index (χ2v) is 3.71. The van der Waals surface area contributed by atoms with E-state index >= 15 is 0 Å². The Labute approximate surface area is 68.3 Å². The van der Waals surface area contributed by atoms with Gasteiger partial charge in [-0.3, -0.25) is 0 Å². The molecule has 0 aromatic carbocycles. The summed E-state index contributed by atoms with van der Waals surface area (Å²) in [6, 6.07) is 0. The number of allylic oxidation sites excluding steroid dienone is 2. The van der Waals surface area contributed by atoms with Crippen molar-refractivity contribution in [2.24, 2.45) is 11.8 Å². The molecule has 0 radical (unpaired) electrons. The van der Waals surface area contributed by atoms with Gasteiger partial charge in [-0.1, -0.05) is 26.0 Å². The van der Waals surface area contributed by atoms with Gasteiger partial charge in [0.15, 0.2) is 0 Å². The minimum Gasteiger partial charge on any atom is -0.118 e. The van der Waals surface area contributed by atoms with Gasteiger partial charge in [0.2, 0.25) is 0 Å². The first-order valence-electron chi connectivity index (χ1n) is 4.06. The van der Waals surface area contributed by atoms with Crippen LogP contribution in [0, 0.1) is 11.8 Å². The Kier molecular flexibility index (Phi) is 2.79. The number of alkyl halides is 1. The van der Waals surface area contributed by atoms with E-state index in [-0.39, 0.29) is 5.38 Å². The predicted molar refractivity (Wildman–Crippen MR) is 46.3 cm³/mol. The van der Waals surface area contributed by atoms with Crippen molar-refractivity contribution in [3.05, 3.63) is 12.2 Å². The van der Waals surface area contributed by atoms with E-state index in [9.17, 15) is 0 Å². The normalized spacial score (nSPS) is 40.1. The molecule has 0 saturated heterocycles. The van der Waals surface area contributed by atoms with Crippen LogP contribution in [-0.2, 0) is 0 Å². The maximum atomic E-state index is 6.00. The summed E-state index contributed by atoms with van der Waals surface area (Å²) in [4.78, 5) is 0. The summed E-state index contributed by atoms with van der Waals surface area (Å²) in [7, 11) is 0. The molecule has 0 N–H and O–H groups in total. The summed E-state index contributed by atoms with van der Waals surface area (Å²) in [5.74, 6) is 1.45. The Hall–Kier alpha value is 0.0300. The van der Waals surface area contributed by atoms with Crippen molar-refractivity contribution in [2.45, 2.75) is 32.1 Å². The van der Waals surface area contributed by atoms with Gasteiger partial charge in [-0.15, -0.1) is 11.6 Å². The molecule has 1 aliphatic rings. The zero-order chi connectivity index (χ0) is 7.56. The molecule has 3 atom stereocenters. The van der Waals surface area contributed by atoms with E-state index in [2.05, 4.69) is 26.0 Å². The monoisotopic (exact) mass is 158 g/mol. The van der Waals surface area contributed by atoms with Crippen LogP contribution in [0.2, 0.25) is 0 Å². The first-order chi connectivity index (χ1) is 4.74. The van der Waals surface area contributed by atoms with Gasteiger partial charge in [0.05, 0.1) is 5.38 Å². The van der Waals surface area contributed by atoms with Crippen LogP contribution in [0.25, 0.3) is 0 Å². The van der Waals surface area contributed by atoms with Gasteiger partial charge in [-0.25, -0.2) is 0 Å². The third-order valence-electron chi connectivity index (χ3n) is 2.31. The van der Waals surface area contributed by atoms with E-state index in [0.717, 1.165) is 5.92 Å². The third kappa shape index (κ3) is 1.76. The lowest BCUT2D eigenvalue weighted by Crippen LogP contribution is -2.17. The number of halogens is 1. The fraction of sp³-hybridized carbons (Fsp3) is 0.778. The molecule has 0 amide bonds. The van der Waals surface area contributed by atoms with Gasteiger partial charge in [0, 0.05) is 0 Å². The molecular weight excluding hydrogens is 144 g/mol. The maximum absolute atomic E-state index is 6.00. The summed E-state index contributed by atoms with van der Waals surface area (Å²) in [6.45, 7) is 4.46. The molecule has 10 heavy (non-hydrogen) atoms. The second-order valence-electron chi connectivity index (χ2n) is 3.21. The highest BCUT2D eigenvalue weighted by Gasteiger charge is 2.19. The van der Waals surface area contributed by atoms with Crippen LogP contribution in [0.4, 0.5) is 0 Å². The van der Waals surface area contributed by atoms with Crippen molar-refractivity contribution in [1.82, 2.24) is 0 Å². The number of hydrogen-bond acceptors (Lipinski definition) is 0. The highest BCUT2D eigenvalue weighted by Crippen LogP contribution is 2.28. The molecule has 3 unspecified atom stereocenters. The van der Waals surface area contributed by atoms with Crippen LogP contribution < -0.4 is 0 Å². The average Bonchev–Trinajstić information content (AvgIpc) is 1.95. The van der Waals surface area contributed by atoms with Gasteiger partial charge >= 0.3 is 0 Å². The Morgan fingerprint density at radius 1 is 1.50 bits per heavy atom. The summed E-state index contributed by atoms with van der Waals surface area (Å²) in [5.41, 5.74) is 0. The fourth-order valence-corrected chi connectivity index (χ4v) is 1.63. The molecule has 58 valence electrons. The summed E-state index contributed by atoms with van der Waals surface area (Å²) in [5, 5.41) is 0.280. The highest BCUT2D eigenvalue weighted by atomic mass is 35.5. The molecule has 0 nitrogen and oxygen atoms in total. The molecule has 0 aromatic rings. The van der Waals surface area contributed by atoms with Gasteiger partial charge < -0.3 is 0 Å². The molecule has 1 rings (SSSR count). The molecule has 1 heteroatoms. The Balaban J connectivity index is 2.51. The van der Waals surface area contributed by atoms with Crippen LogP contribution in [0.3, 0.4) is 0 Å². The van der Waals surface area contributed by atoms with Gasteiger partial charge in [0.25, 0.3) is 0 Å². The molecule has 0 bridgehead atoms. The van der Waals surface area contributed by atoms with E-state index in [1.165, 1.54) is 12.8 Å². The topological polar surface area (TPSA) is 0 Å². The fourth-order valence-electron chi connectivity index (χ4n) is 1.44. The lowest BCUT2D eigenvalue weighted by molar-refractivity contribution is 0.423. The molecule has 0 heterocycles. The molecule has 0 fully saturated rings. The predicted octanol–water partition coefficient (Wildman–Crippen LogP) is 3.22. The van der Waals surface area contributed by atoms with Crippen LogP contribution >= 0.6 is 11.6 Å². The second kappa shape index (κ2) is 3.43. The average molecular weight is 159 g/mol. The van der Waals surface area contributed by atoms with Crippen LogP contribution in [0.15, 0.2) is 12.2 Å². The molecule has 1 aliphatic carbocycles. The zero-order valence-corrected chi connectivity index (χ0v) is 7.43. The largest absolute Gasteiger partial charge is 0.118 e. The molecular formula is C9H15Cl. The summed E-state index contributed by atoms with van der Waals surface area (Å²) >= 11 is 6.00. The smallest absolute Gasteiger partial charge is 0.0541 e. The number of hydrogen-bond donors (Lipinski definition) is 0. The van der Waals surface area contributed by atoms with Crippen molar-refractivity contribution in [3.63, 3.8) is 0 Å². The summed E-state index contributed by atoms with van der Waals surface area (Å²) < 4.78 is 0. The molecule has 0 saturated carbocycles. The Morgan fingerprint density at radius 2 is 2.20 bits per heavy atom. The molecule has 0 spiro atoms. The number of rotatable bonds is 1. The van der Waals surface area contributed by atoms with E-state index < -0.39 is 0 Å². The van der Waals surface area contributed by atoms with E-state index in [4.69, 9.17) is 11.6 Å². The van der Waals surface area contributed by atoms with E-state index in [1.807, 2.05) is 0 Å². The standard InChI is InChI=1S/C9H15Cl/c1-3-8-4-5-9(10)7(2)6-8/h4-5,7-9H,3,6H2,1-2H3. The van der Waals surface area contributed by atoms with E-state index in [1.54, 1.807) is 0 Å². The Bertz CT molecular complexity index is 129. The Morgan fingerprint density at radius 3 is 2.70 bits per heavy atom. The van der Waals surface area contributed by atoms with Gasteiger partial charge in [-0.2, -0.15) is 0 Å². The summed E-state index contributed by atoms with van der Waals surface area (Å²) in [6.07, 6.45) is 6.92. The van der Waals surface area contributed by atoms with Crippen LogP contribution in [-0.4, -0.2) is 5.38 Å². The molecule has 0 aliphatic heterocycles. The third-order valence-corrected chi connectivity index (χ3v) is 2.89. The SMILES string of the molecule is CCC1C=CC(Cl)C(C)C1. The first-order valence-corrected chi connectivity index (χ1v) is 4.50. The molecule has 0 aromatic heterocycles. The first kappa shape index (κ1) is 8.13. The van der Waals surface area contributed by atoms with Crippen LogP contribution in [0.5, 0.6) is 0 Å². The minimum absolute atomic E-state index is 0.280. The lowest BCUT2D eigenvalue weighted by atomic mass is 9.86. The van der Waals surface area contributed by atoms with E-state index in [0.29, 0.717) is 5.92 Å². The quantitative estimate of drug-likeness (QED) is 0.406. The van der Waals surface area contributed by atoms with Crippen molar-refractivity contribution < 1.29 is 0 Å². The van der Waals surface area contributed by atoms with Crippen LogP contribution in [0.1, 0.15) is 26.7 Å².